The van der Waals surface area contributed by atoms with E-state index >= 15 is 0 Å². The summed E-state index contributed by atoms with van der Waals surface area (Å²) in [4.78, 5) is 43.4. The number of primary amides is 1. The predicted molar refractivity (Wildman–Crippen MR) is 202 cm³/mol. The van der Waals surface area contributed by atoms with Crippen molar-refractivity contribution >= 4 is 23.5 Å². The summed E-state index contributed by atoms with van der Waals surface area (Å²) in [6, 6.07) is 17.6. The van der Waals surface area contributed by atoms with Gasteiger partial charge >= 0.3 is 12.1 Å². The molecule has 0 aliphatic heterocycles. The van der Waals surface area contributed by atoms with Crippen LogP contribution in [0, 0.1) is 0 Å². The number of alkyl halides is 3. The van der Waals surface area contributed by atoms with Crippen LogP contribution in [0.15, 0.2) is 90.5 Å². The summed E-state index contributed by atoms with van der Waals surface area (Å²) in [5.41, 5.74) is 7.53. The van der Waals surface area contributed by atoms with Gasteiger partial charge in [0.2, 0.25) is 11.8 Å². The van der Waals surface area contributed by atoms with Crippen molar-refractivity contribution in [2.24, 2.45) is 5.73 Å². The molecule has 0 saturated carbocycles. The highest BCUT2D eigenvalue weighted by molar-refractivity contribution is 5.92. The fraction of sp³-hybridized carbons (Fsp3) is 0.405. The molecule has 3 N–H and O–H groups in total. The molecule has 1 aliphatic carbocycles. The molecule has 290 valence electrons. The quantitative estimate of drug-likeness (QED) is 0.0674. The van der Waals surface area contributed by atoms with Crippen LogP contribution in [0.2, 0.25) is 0 Å². The number of hydroxylamine groups is 2. The van der Waals surface area contributed by atoms with Crippen LogP contribution in [0.5, 0.6) is 5.75 Å². The van der Waals surface area contributed by atoms with Crippen molar-refractivity contribution in [3.8, 4) is 5.75 Å². The van der Waals surface area contributed by atoms with E-state index in [0.717, 1.165) is 30.0 Å². The molecule has 0 saturated heterocycles. The molecule has 9 nitrogen and oxygen atoms in total. The van der Waals surface area contributed by atoms with Crippen molar-refractivity contribution in [3.63, 3.8) is 0 Å². The first-order valence-corrected chi connectivity index (χ1v) is 18.4. The van der Waals surface area contributed by atoms with Crippen LogP contribution in [-0.4, -0.2) is 48.6 Å². The summed E-state index contributed by atoms with van der Waals surface area (Å²) in [6.07, 6.45) is 6.17. The normalized spacial score (nSPS) is 14.7. The molecule has 3 aromatic carbocycles. The highest BCUT2D eigenvalue weighted by atomic mass is 19.4. The Hall–Kier alpha value is -4.94. The first-order valence-electron chi connectivity index (χ1n) is 18.4. The summed E-state index contributed by atoms with van der Waals surface area (Å²) in [6.45, 7) is 6.43. The largest absolute Gasteiger partial charge is 0.494 e. The van der Waals surface area contributed by atoms with Crippen LogP contribution < -0.4 is 15.8 Å². The highest BCUT2D eigenvalue weighted by Gasteiger charge is 2.34. The van der Waals surface area contributed by atoms with Gasteiger partial charge in [-0.3, -0.25) is 14.4 Å². The van der Waals surface area contributed by atoms with Crippen molar-refractivity contribution in [2.45, 2.75) is 90.5 Å². The van der Waals surface area contributed by atoms with Gasteiger partial charge < -0.3 is 20.5 Å². The minimum absolute atomic E-state index is 0.0970. The molecule has 0 bridgehead atoms. The fourth-order valence-electron chi connectivity index (χ4n) is 5.91. The number of amides is 2. The van der Waals surface area contributed by atoms with Gasteiger partial charge in [-0.2, -0.15) is 18.2 Å². The Morgan fingerprint density at radius 3 is 2.31 bits per heavy atom. The minimum atomic E-state index is -4.57. The molecule has 12 heteroatoms. The molecular formula is C42H50F3N3O6. The number of anilines is 1. The van der Waals surface area contributed by atoms with Crippen LogP contribution in [0.4, 0.5) is 18.9 Å². The second-order valence-electron chi connectivity index (χ2n) is 13.3. The Kier molecular flexibility index (Phi) is 15.9. The number of ether oxygens (including phenoxy) is 2. The van der Waals surface area contributed by atoms with E-state index in [-0.39, 0.29) is 18.7 Å². The highest BCUT2D eigenvalue weighted by Crippen LogP contribution is 2.33. The maximum absolute atomic E-state index is 13.6. The number of nitrogens with two attached hydrogens (primary N) is 1. The average molecular weight is 750 g/mol. The number of aryl methyl sites for hydroxylation is 1. The molecule has 0 radical (unpaired) electrons. The average Bonchev–Trinajstić information content (AvgIpc) is 3.13. The van der Waals surface area contributed by atoms with E-state index < -0.39 is 48.2 Å². The van der Waals surface area contributed by atoms with Gasteiger partial charge in [0.1, 0.15) is 24.5 Å². The van der Waals surface area contributed by atoms with E-state index in [2.05, 4.69) is 12.2 Å². The zero-order valence-electron chi connectivity index (χ0n) is 31.1. The molecule has 0 aromatic heterocycles. The van der Waals surface area contributed by atoms with Crippen molar-refractivity contribution in [3.05, 3.63) is 118 Å². The van der Waals surface area contributed by atoms with Gasteiger partial charge in [0.25, 0.3) is 0 Å². The van der Waals surface area contributed by atoms with Crippen molar-refractivity contribution in [1.29, 1.82) is 0 Å². The molecule has 54 heavy (non-hydrogen) atoms. The molecule has 1 aliphatic rings. The Labute approximate surface area is 315 Å². The van der Waals surface area contributed by atoms with Gasteiger partial charge in [0, 0.05) is 18.7 Å². The maximum atomic E-state index is 13.6. The Morgan fingerprint density at radius 1 is 0.963 bits per heavy atom. The van der Waals surface area contributed by atoms with Gasteiger partial charge in [-0.05, 0) is 90.6 Å². The third-order valence-corrected chi connectivity index (χ3v) is 8.90. The minimum Gasteiger partial charge on any atom is -0.494 e. The molecular weight excluding hydrogens is 699 g/mol. The summed E-state index contributed by atoms with van der Waals surface area (Å²) in [7, 11) is 0. The first-order chi connectivity index (χ1) is 25.8. The maximum Gasteiger partial charge on any atom is 0.416 e. The number of halogens is 3. The number of carbonyl (C=O) groups excluding carboxylic acids is 3. The van der Waals surface area contributed by atoms with Gasteiger partial charge in [-0.25, -0.2) is 4.79 Å². The number of nitrogens with zero attached hydrogens (tertiary/aromatic N) is 1. The Balaban J connectivity index is 1.25. The second kappa shape index (κ2) is 20.5. The van der Waals surface area contributed by atoms with E-state index in [9.17, 15) is 27.6 Å². The van der Waals surface area contributed by atoms with Crippen LogP contribution in [-0.2, 0) is 38.2 Å². The van der Waals surface area contributed by atoms with Gasteiger partial charge in [-0.15, -0.1) is 0 Å². The molecule has 3 aromatic rings. The van der Waals surface area contributed by atoms with Crippen molar-refractivity contribution < 1.29 is 41.9 Å². The molecule has 2 unspecified atom stereocenters. The van der Waals surface area contributed by atoms with Crippen molar-refractivity contribution in [1.82, 2.24) is 5.06 Å². The number of hydrogen-bond donors (Lipinski definition) is 2. The van der Waals surface area contributed by atoms with Gasteiger partial charge in [-0.1, -0.05) is 75.9 Å². The summed E-state index contributed by atoms with van der Waals surface area (Å²) >= 11 is 0. The Bertz CT molecular complexity index is 1760. The summed E-state index contributed by atoms with van der Waals surface area (Å²) < 4.78 is 52.3. The molecule has 4 rings (SSSR count). The molecule has 0 spiro atoms. The number of hydrogen-bond acceptors (Lipinski definition) is 7. The fourth-order valence-corrected chi connectivity index (χ4v) is 5.91. The third kappa shape index (κ3) is 13.5. The lowest BCUT2D eigenvalue weighted by Crippen LogP contribution is -2.36. The molecule has 0 fully saturated rings. The van der Waals surface area contributed by atoms with Gasteiger partial charge in [0.15, 0.2) is 0 Å². The summed E-state index contributed by atoms with van der Waals surface area (Å²) in [5.74, 6) is -0.900. The van der Waals surface area contributed by atoms with Crippen LogP contribution in [0.3, 0.4) is 0 Å². The van der Waals surface area contributed by atoms with Crippen LogP contribution >= 0.6 is 0 Å². The Morgan fingerprint density at radius 2 is 1.69 bits per heavy atom. The summed E-state index contributed by atoms with van der Waals surface area (Å²) in [5, 5.41) is 4.10. The lowest BCUT2D eigenvalue weighted by atomic mass is 9.99. The molecule has 2 amide bonds. The van der Waals surface area contributed by atoms with E-state index in [4.69, 9.17) is 20.0 Å². The number of carbonyl (C=O) groups is 3. The van der Waals surface area contributed by atoms with E-state index in [1.807, 2.05) is 12.2 Å². The van der Waals surface area contributed by atoms with E-state index in [0.29, 0.717) is 42.0 Å². The number of nitrogens with one attached hydrogen (secondary N) is 1. The topological polar surface area (TPSA) is 120 Å². The second-order valence-corrected chi connectivity index (χ2v) is 13.3. The van der Waals surface area contributed by atoms with Crippen LogP contribution in [0.25, 0.3) is 0 Å². The zero-order valence-corrected chi connectivity index (χ0v) is 31.1. The van der Waals surface area contributed by atoms with E-state index in [1.54, 1.807) is 74.5 Å². The SMILES string of the molecule is CCCCCCCOc1ccc(C(=O)OC2C=CC(CN(CC(N)=O)OC(C)c3ccc(NC(=O)Cc4ccc(CC)cc4C(F)(F)F)cc3)=CC2)cc1. The van der Waals surface area contributed by atoms with E-state index in [1.165, 1.54) is 30.4 Å². The lowest BCUT2D eigenvalue weighted by Gasteiger charge is -2.26. The predicted octanol–water partition coefficient (Wildman–Crippen LogP) is 8.69. The monoisotopic (exact) mass is 749 g/mol. The number of benzene rings is 3. The van der Waals surface area contributed by atoms with Crippen molar-refractivity contribution in [2.75, 3.05) is 25.0 Å². The third-order valence-electron chi connectivity index (χ3n) is 8.90. The lowest BCUT2D eigenvalue weighted by molar-refractivity contribution is -0.191. The standard InChI is InChI=1S/C42H50F3N3O6/c1-4-6-7-8-9-24-52-36-22-16-33(17-23-36)41(51)53-37-20-11-31(12-21-37)27-48(28-39(46)49)54-29(3)32-14-18-35(19-15-32)47-40(50)26-34-13-10-30(5-2)25-38(34)42(43,44)45/h10-20,22-23,25,29,37H,4-9,21,24,26-28H2,1-3H3,(H2,46,49)(H,47,50). The smallest absolute Gasteiger partial charge is 0.416 e. The molecule has 2 atom stereocenters. The zero-order chi connectivity index (χ0) is 39.1. The van der Waals surface area contributed by atoms with Crippen LogP contribution in [0.1, 0.15) is 98.0 Å². The number of esters is 1. The first kappa shape index (κ1) is 41.8. The van der Waals surface area contributed by atoms with Gasteiger partial charge in [0.05, 0.1) is 24.2 Å². The molecule has 0 heterocycles. The number of rotatable bonds is 20. The number of unbranched alkanes of at least 4 members (excludes halogenated alkanes) is 4.